The molecule has 0 radical (unpaired) electrons. The maximum Gasteiger partial charge on any atom is 0.142 e. The van der Waals surface area contributed by atoms with Gasteiger partial charge in [-0.3, -0.25) is 0 Å². The second kappa shape index (κ2) is 7.25. The maximum absolute atomic E-state index is 13.4. The van der Waals surface area contributed by atoms with Crippen LogP contribution in [0.2, 0.25) is 5.02 Å². The number of hydrogen-bond donors (Lipinski definition) is 1. The highest BCUT2D eigenvalue weighted by atomic mass is 35.5. The Morgan fingerprint density at radius 1 is 1.21 bits per heavy atom. The van der Waals surface area contributed by atoms with Crippen molar-refractivity contribution in [3.63, 3.8) is 0 Å². The first-order chi connectivity index (χ1) is 9.15. The minimum atomic E-state index is -0.346. The SMILES string of the molecule is NC(Cc1ccc(Cl)c(F)c1)CC1CCCCCC1. The Labute approximate surface area is 120 Å². The molecule has 2 N–H and O–H groups in total. The lowest BCUT2D eigenvalue weighted by atomic mass is 9.90. The maximum atomic E-state index is 13.4. The van der Waals surface area contributed by atoms with Gasteiger partial charge in [-0.15, -0.1) is 0 Å². The molecule has 0 heterocycles. The van der Waals surface area contributed by atoms with Gasteiger partial charge in [0.15, 0.2) is 0 Å². The van der Waals surface area contributed by atoms with Crippen molar-refractivity contribution in [1.82, 2.24) is 0 Å². The van der Waals surface area contributed by atoms with Gasteiger partial charge < -0.3 is 5.73 Å². The van der Waals surface area contributed by atoms with E-state index in [2.05, 4.69) is 0 Å². The van der Waals surface area contributed by atoms with Gasteiger partial charge in [0.25, 0.3) is 0 Å². The quantitative estimate of drug-likeness (QED) is 0.796. The first kappa shape index (κ1) is 14.8. The minimum Gasteiger partial charge on any atom is -0.327 e. The van der Waals surface area contributed by atoms with Gasteiger partial charge in [0, 0.05) is 6.04 Å². The third kappa shape index (κ3) is 4.77. The van der Waals surface area contributed by atoms with Crippen LogP contribution in [0.3, 0.4) is 0 Å². The van der Waals surface area contributed by atoms with Gasteiger partial charge in [-0.1, -0.05) is 56.2 Å². The molecule has 1 atom stereocenters. The molecule has 0 spiro atoms. The molecule has 0 saturated heterocycles. The molecule has 1 aromatic carbocycles. The van der Waals surface area contributed by atoms with Crippen molar-refractivity contribution in [2.45, 2.75) is 57.4 Å². The summed E-state index contributed by atoms with van der Waals surface area (Å²) in [5.41, 5.74) is 7.17. The van der Waals surface area contributed by atoms with E-state index in [0.29, 0.717) is 0 Å². The molecule has 0 aromatic heterocycles. The summed E-state index contributed by atoms with van der Waals surface area (Å²) in [7, 11) is 0. The third-order valence-corrected chi connectivity index (χ3v) is 4.40. The van der Waals surface area contributed by atoms with Gasteiger partial charge in [0.05, 0.1) is 5.02 Å². The zero-order valence-electron chi connectivity index (χ0n) is 11.4. The van der Waals surface area contributed by atoms with E-state index in [1.807, 2.05) is 6.07 Å². The Bertz CT molecular complexity index is 400. The van der Waals surface area contributed by atoms with E-state index in [1.54, 1.807) is 6.07 Å². The highest BCUT2D eigenvalue weighted by molar-refractivity contribution is 6.30. The summed E-state index contributed by atoms with van der Waals surface area (Å²) in [5.74, 6) is 0.412. The minimum absolute atomic E-state index is 0.128. The largest absolute Gasteiger partial charge is 0.327 e. The van der Waals surface area contributed by atoms with Gasteiger partial charge in [0.2, 0.25) is 0 Å². The van der Waals surface area contributed by atoms with Crippen LogP contribution >= 0.6 is 11.6 Å². The monoisotopic (exact) mass is 283 g/mol. The number of benzene rings is 1. The van der Waals surface area contributed by atoms with E-state index in [4.69, 9.17) is 17.3 Å². The number of hydrogen-bond acceptors (Lipinski definition) is 1. The predicted molar refractivity (Wildman–Crippen MR) is 78.9 cm³/mol. The van der Waals surface area contributed by atoms with Crippen LogP contribution in [-0.2, 0) is 6.42 Å². The summed E-state index contributed by atoms with van der Waals surface area (Å²) in [6.45, 7) is 0. The van der Waals surface area contributed by atoms with Crippen molar-refractivity contribution in [3.05, 3.63) is 34.6 Å². The summed E-state index contributed by atoms with van der Waals surface area (Å²) >= 11 is 5.68. The molecule has 3 heteroatoms. The van der Waals surface area contributed by atoms with Gasteiger partial charge in [0.1, 0.15) is 5.82 Å². The number of halogens is 2. The van der Waals surface area contributed by atoms with Crippen LogP contribution in [0, 0.1) is 11.7 Å². The second-order valence-corrected chi connectivity index (χ2v) is 6.21. The van der Waals surface area contributed by atoms with Gasteiger partial charge in [-0.2, -0.15) is 0 Å². The van der Waals surface area contributed by atoms with E-state index in [0.717, 1.165) is 24.3 Å². The van der Waals surface area contributed by atoms with E-state index in [1.165, 1.54) is 44.6 Å². The Balaban J connectivity index is 1.85. The summed E-state index contributed by atoms with van der Waals surface area (Å²) in [6, 6.07) is 5.13. The fraction of sp³-hybridized carbons (Fsp3) is 0.625. The van der Waals surface area contributed by atoms with Crippen LogP contribution < -0.4 is 5.73 Å². The smallest absolute Gasteiger partial charge is 0.142 e. The van der Waals surface area contributed by atoms with E-state index in [-0.39, 0.29) is 16.9 Å². The first-order valence-corrected chi connectivity index (χ1v) is 7.72. The highest BCUT2D eigenvalue weighted by Crippen LogP contribution is 2.27. The number of rotatable bonds is 4. The molecule has 0 aliphatic heterocycles. The number of nitrogens with two attached hydrogens (primary N) is 1. The van der Waals surface area contributed by atoms with Gasteiger partial charge in [-0.25, -0.2) is 4.39 Å². The summed E-state index contributed by atoms with van der Waals surface area (Å²) in [6.07, 6.45) is 9.84. The molecule has 0 amide bonds. The Hall–Kier alpha value is -0.600. The third-order valence-electron chi connectivity index (χ3n) is 4.09. The van der Waals surface area contributed by atoms with Crippen LogP contribution in [0.5, 0.6) is 0 Å². The highest BCUT2D eigenvalue weighted by Gasteiger charge is 2.16. The van der Waals surface area contributed by atoms with Crippen LogP contribution in [0.15, 0.2) is 18.2 Å². The summed E-state index contributed by atoms with van der Waals surface area (Å²) < 4.78 is 13.4. The molecular formula is C16H23ClFN. The fourth-order valence-electron chi connectivity index (χ4n) is 3.08. The van der Waals surface area contributed by atoms with Gasteiger partial charge in [-0.05, 0) is 36.5 Å². The molecule has 2 rings (SSSR count). The molecule has 106 valence electrons. The zero-order chi connectivity index (χ0) is 13.7. The van der Waals surface area contributed by atoms with E-state index < -0.39 is 0 Å². The Morgan fingerprint density at radius 2 is 1.89 bits per heavy atom. The normalized spacial score (nSPS) is 19.1. The standard InChI is InChI=1S/C16H23ClFN/c17-15-8-7-13(11-16(15)18)10-14(19)9-12-5-3-1-2-4-6-12/h7-8,11-12,14H,1-6,9-10,19H2. The van der Waals surface area contributed by atoms with Crippen molar-refractivity contribution >= 4 is 11.6 Å². The van der Waals surface area contributed by atoms with Crippen molar-refractivity contribution in [2.75, 3.05) is 0 Å². The topological polar surface area (TPSA) is 26.0 Å². The average Bonchev–Trinajstić information content (AvgIpc) is 2.62. The molecule has 19 heavy (non-hydrogen) atoms. The lowest BCUT2D eigenvalue weighted by molar-refractivity contribution is 0.387. The fourth-order valence-corrected chi connectivity index (χ4v) is 3.20. The molecule has 1 saturated carbocycles. The molecular weight excluding hydrogens is 261 g/mol. The molecule has 1 aliphatic rings. The second-order valence-electron chi connectivity index (χ2n) is 5.81. The van der Waals surface area contributed by atoms with Crippen LogP contribution in [0.4, 0.5) is 4.39 Å². The zero-order valence-corrected chi connectivity index (χ0v) is 12.1. The van der Waals surface area contributed by atoms with E-state index in [9.17, 15) is 4.39 Å². The summed E-state index contributed by atoms with van der Waals surface area (Å²) in [4.78, 5) is 0. The van der Waals surface area contributed by atoms with Crippen LogP contribution in [0.1, 0.15) is 50.5 Å². The molecule has 1 aliphatic carbocycles. The molecule has 1 unspecified atom stereocenters. The van der Waals surface area contributed by atoms with Crippen LogP contribution in [-0.4, -0.2) is 6.04 Å². The van der Waals surface area contributed by atoms with Crippen molar-refractivity contribution in [1.29, 1.82) is 0 Å². The Kier molecular flexibility index (Phi) is 5.65. The summed E-state index contributed by atoms with van der Waals surface area (Å²) in [5, 5.41) is 0.182. The van der Waals surface area contributed by atoms with Crippen molar-refractivity contribution in [2.24, 2.45) is 11.7 Å². The first-order valence-electron chi connectivity index (χ1n) is 7.34. The van der Waals surface area contributed by atoms with Crippen LogP contribution in [0.25, 0.3) is 0 Å². The molecule has 1 nitrogen and oxygen atoms in total. The molecule has 1 fully saturated rings. The van der Waals surface area contributed by atoms with E-state index >= 15 is 0 Å². The van der Waals surface area contributed by atoms with Crippen molar-refractivity contribution < 1.29 is 4.39 Å². The lowest BCUT2D eigenvalue weighted by Crippen LogP contribution is -2.26. The molecule has 1 aromatic rings. The predicted octanol–water partition coefficient (Wildman–Crippen LogP) is 4.71. The van der Waals surface area contributed by atoms with Crippen molar-refractivity contribution in [3.8, 4) is 0 Å². The average molecular weight is 284 g/mol. The lowest BCUT2D eigenvalue weighted by Gasteiger charge is -2.19. The molecule has 0 bridgehead atoms. The Morgan fingerprint density at radius 3 is 2.53 bits per heavy atom. The van der Waals surface area contributed by atoms with Gasteiger partial charge >= 0.3 is 0 Å².